The molecule has 2 rings (SSSR count). The Kier molecular flexibility index (Phi) is 3.04. The predicted molar refractivity (Wildman–Crippen MR) is 58.5 cm³/mol. The fourth-order valence-corrected chi connectivity index (χ4v) is 2.16. The zero-order valence-electron chi connectivity index (χ0n) is 8.36. The number of carbonyl (C=O) groups excluding carboxylic acids is 1. The molecule has 1 saturated heterocycles. The molecule has 1 aliphatic heterocycles. The lowest BCUT2D eigenvalue weighted by molar-refractivity contribution is -0.126. The number of nitrogens with one attached hydrogen (secondary N) is 1. The number of nitrogens with two attached hydrogens (primary N) is 1. The van der Waals surface area contributed by atoms with Crippen molar-refractivity contribution in [3.05, 3.63) is 22.4 Å². The van der Waals surface area contributed by atoms with Crippen LogP contribution in [0.1, 0.15) is 11.3 Å². The minimum atomic E-state index is -0.822. The molecule has 1 amide bonds. The molecule has 0 aromatic carbocycles. The quantitative estimate of drug-likeness (QED) is 0.788. The highest BCUT2D eigenvalue weighted by Crippen LogP contribution is 2.16. The van der Waals surface area contributed by atoms with Crippen LogP contribution in [-0.4, -0.2) is 24.7 Å². The second-order valence-corrected chi connectivity index (χ2v) is 4.75. The van der Waals surface area contributed by atoms with Crippen molar-refractivity contribution in [2.45, 2.75) is 18.5 Å². The molecule has 0 aliphatic carbocycles. The Balaban J connectivity index is 1.87. The van der Waals surface area contributed by atoms with Crippen LogP contribution in [0.3, 0.4) is 0 Å². The van der Waals surface area contributed by atoms with Crippen molar-refractivity contribution in [3.8, 4) is 0 Å². The third-order valence-electron chi connectivity index (χ3n) is 2.51. The lowest BCUT2D eigenvalue weighted by Crippen LogP contribution is -2.54. The smallest absolute Gasteiger partial charge is 0.242 e. The van der Waals surface area contributed by atoms with Crippen LogP contribution in [0.25, 0.3) is 0 Å². The van der Waals surface area contributed by atoms with Crippen LogP contribution in [0.5, 0.6) is 0 Å². The first-order valence-corrected chi connectivity index (χ1v) is 5.76. The summed E-state index contributed by atoms with van der Waals surface area (Å²) < 4.78 is 5.14. The second kappa shape index (κ2) is 4.30. The summed E-state index contributed by atoms with van der Waals surface area (Å²) >= 11 is 1.62. The maximum atomic E-state index is 11.8. The molecule has 5 heteroatoms. The third kappa shape index (κ3) is 2.37. The first-order valence-electron chi connectivity index (χ1n) is 4.88. The zero-order chi connectivity index (χ0) is 10.7. The van der Waals surface area contributed by atoms with Gasteiger partial charge in [0.25, 0.3) is 0 Å². The monoisotopic (exact) mass is 226 g/mol. The summed E-state index contributed by atoms with van der Waals surface area (Å²) in [6.45, 7) is 1.45. The molecular weight excluding hydrogens is 212 g/mol. The minimum Gasteiger partial charge on any atom is -0.379 e. The molecule has 3 N–H and O–H groups in total. The summed E-state index contributed by atoms with van der Waals surface area (Å²) in [5.41, 5.74) is 5.09. The molecule has 0 saturated carbocycles. The summed E-state index contributed by atoms with van der Waals surface area (Å²) in [6, 6.07) is 3.95. The van der Waals surface area contributed by atoms with Gasteiger partial charge in [0.15, 0.2) is 0 Å². The Morgan fingerprint density at radius 1 is 1.73 bits per heavy atom. The molecule has 82 valence electrons. The minimum absolute atomic E-state index is 0.117. The lowest BCUT2D eigenvalue weighted by Gasteiger charge is -2.20. The first kappa shape index (κ1) is 10.6. The van der Waals surface area contributed by atoms with Gasteiger partial charge in [-0.25, -0.2) is 0 Å². The van der Waals surface area contributed by atoms with Crippen molar-refractivity contribution in [1.82, 2.24) is 5.32 Å². The van der Waals surface area contributed by atoms with E-state index in [1.807, 2.05) is 17.5 Å². The normalized spacial score (nSPS) is 25.4. The highest BCUT2D eigenvalue weighted by atomic mass is 32.1. The average molecular weight is 226 g/mol. The SMILES string of the molecule is NC1(C(=O)NCc2cccs2)CCOC1. The van der Waals surface area contributed by atoms with Crippen molar-refractivity contribution in [2.75, 3.05) is 13.2 Å². The molecule has 1 atom stereocenters. The van der Waals surface area contributed by atoms with Crippen molar-refractivity contribution in [1.29, 1.82) is 0 Å². The molecule has 1 fully saturated rings. The van der Waals surface area contributed by atoms with Crippen molar-refractivity contribution in [3.63, 3.8) is 0 Å². The van der Waals surface area contributed by atoms with Crippen molar-refractivity contribution < 1.29 is 9.53 Å². The van der Waals surface area contributed by atoms with E-state index >= 15 is 0 Å². The molecule has 2 heterocycles. The van der Waals surface area contributed by atoms with Gasteiger partial charge in [0.2, 0.25) is 5.91 Å². The molecule has 0 radical (unpaired) electrons. The van der Waals surface area contributed by atoms with Crippen molar-refractivity contribution >= 4 is 17.2 Å². The van der Waals surface area contributed by atoms with E-state index in [1.54, 1.807) is 11.3 Å². The van der Waals surface area contributed by atoms with E-state index in [-0.39, 0.29) is 5.91 Å². The fourth-order valence-electron chi connectivity index (χ4n) is 1.52. The molecular formula is C10H14N2O2S. The predicted octanol–water partition coefficient (Wildman–Crippen LogP) is 0.482. The Bertz CT molecular complexity index is 331. The first-order chi connectivity index (χ1) is 7.21. The maximum absolute atomic E-state index is 11.8. The molecule has 1 aliphatic rings. The zero-order valence-corrected chi connectivity index (χ0v) is 9.18. The Labute approximate surface area is 92.4 Å². The summed E-state index contributed by atoms with van der Waals surface area (Å²) in [5, 5.41) is 4.82. The Hall–Kier alpha value is -0.910. The van der Waals surface area contributed by atoms with E-state index in [4.69, 9.17) is 10.5 Å². The number of rotatable bonds is 3. The molecule has 0 spiro atoms. The van der Waals surface area contributed by atoms with Crippen LogP contribution >= 0.6 is 11.3 Å². The highest BCUT2D eigenvalue weighted by Gasteiger charge is 2.37. The van der Waals surface area contributed by atoms with Gasteiger partial charge in [-0.3, -0.25) is 4.79 Å². The number of amides is 1. The topological polar surface area (TPSA) is 64.4 Å². The van der Waals surface area contributed by atoms with Gasteiger partial charge in [0.05, 0.1) is 13.2 Å². The van der Waals surface area contributed by atoms with E-state index < -0.39 is 5.54 Å². The molecule has 0 bridgehead atoms. The van der Waals surface area contributed by atoms with Gasteiger partial charge < -0.3 is 15.8 Å². The van der Waals surface area contributed by atoms with Gasteiger partial charge in [-0.2, -0.15) is 0 Å². The van der Waals surface area contributed by atoms with E-state index in [2.05, 4.69) is 5.32 Å². The summed E-state index contributed by atoms with van der Waals surface area (Å²) in [5.74, 6) is -0.117. The van der Waals surface area contributed by atoms with Gasteiger partial charge in [-0.05, 0) is 17.9 Å². The van der Waals surface area contributed by atoms with Gasteiger partial charge in [0, 0.05) is 11.5 Å². The highest BCUT2D eigenvalue weighted by molar-refractivity contribution is 7.09. The van der Waals surface area contributed by atoms with Crippen LogP contribution in [0.4, 0.5) is 0 Å². The summed E-state index contributed by atoms with van der Waals surface area (Å²) in [6.07, 6.45) is 0.600. The number of carbonyl (C=O) groups is 1. The van der Waals surface area contributed by atoms with Crippen LogP contribution in [-0.2, 0) is 16.1 Å². The second-order valence-electron chi connectivity index (χ2n) is 3.72. The number of thiophene rings is 1. The summed E-state index contributed by atoms with van der Waals surface area (Å²) in [4.78, 5) is 12.9. The molecule has 1 aromatic heterocycles. The van der Waals surface area contributed by atoms with Crippen LogP contribution < -0.4 is 11.1 Å². The van der Waals surface area contributed by atoms with Crippen LogP contribution in [0.2, 0.25) is 0 Å². The lowest BCUT2D eigenvalue weighted by atomic mass is 9.99. The largest absolute Gasteiger partial charge is 0.379 e. The number of hydrogen-bond donors (Lipinski definition) is 2. The van der Waals surface area contributed by atoms with Gasteiger partial charge in [-0.15, -0.1) is 11.3 Å². The number of ether oxygens (including phenoxy) is 1. The standard InChI is InChI=1S/C10H14N2O2S/c11-10(3-4-14-7-10)9(13)12-6-8-2-1-5-15-8/h1-2,5H,3-4,6-7,11H2,(H,12,13). The molecule has 1 unspecified atom stereocenters. The third-order valence-corrected chi connectivity index (χ3v) is 3.38. The Morgan fingerprint density at radius 3 is 3.20 bits per heavy atom. The van der Waals surface area contributed by atoms with E-state index in [9.17, 15) is 4.79 Å². The molecule has 1 aromatic rings. The molecule has 15 heavy (non-hydrogen) atoms. The van der Waals surface area contributed by atoms with Crippen LogP contribution in [0, 0.1) is 0 Å². The molecule has 4 nitrogen and oxygen atoms in total. The van der Waals surface area contributed by atoms with Crippen molar-refractivity contribution in [2.24, 2.45) is 5.73 Å². The van der Waals surface area contributed by atoms with Gasteiger partial charge in [-0.1, -0.05) is 6.07 Å². The van der Waals surface area contributed by atoms with Crippen LogP contribution in [0.15, 0.2) is 17.5 Å². The Morgan fingerprint density at radius 2 is 2.60 bits per heavy atom. The van der Waals surface area contributed by atoms with Gasteiger partial charge in [0.1, 0.15) is 5.54 Å². The van der Waals surface area contributed by atoms with E-state index in [1.165, 1.54) is 0 Å². The van der Waals surface area contributed by atoms with E-state index in [0.717, 1.165) is 4.88 Å². The average Bonchev–Trinajstić information content (AvgIpc) is 2.85. The maximum Gasteiger partial charge on any atom is 0.242 e. The number of hydrogen-bond acceptors (Lipinski definition) is 4. The van der Waals surface area contributed by atoms with Gasteiger partial charge >= 0.3 is 0 Å². The fraction of sp³-hybridized carbons (Fsp3) is 0.500. The summed E-state index contributed by atoms with van der Waals surface area (Å²) in [7, 11) is 0. The van der Waals surface area contributed by atoms with E-state index in [0.29, 0.717) is 26.2 Å².